The quantitative estimate of drug-likeness (QED) is 0.728. The van der Waals surface area contributed by atoms with Gasteiger partial charge in [-0.2, -0.15) is 4.98 Å². The molecule has 20 heavy (non-hydrogen) atoms. The molecule has 1 heterocycles. The van der Waals surface area contributed by atoms with Crippen molar-refractivity contribution in [3.63, 3.8) is 0 Å². The Kier molecular flexibility index (Phi) is 3.39. The molecule has 0 aliphatic heterocycles. The Bertz CT molecular complexity index is 740. The summed E-state index contributed by atoms with van der Waals surface area (Å²) in [5, 5.41) is 4.56. The topological polar surface area (TPSA) is 48.2 Å². The van der Waals surface area contributed by atoms with E-state index in [2.05, 4.69) is 10.1 Å². The minimum Gasteiger partial charge on any atom is -0.497 e. The second-order valence-corrected chi connectivity index (χ2v) is 4.54. The van der Waals surface area contributed by atoms with E-state index in [9.17, 15) is 0 Å². The van der Waals surface area contributed by atoms with Crippen LogP contribution in [0.25, 0.3) is 22.8 Å². The molecule has 0 amide bonds. The summed E-state index contributed by atoms with van der Waals surface area (Å²) in [7, 11) is 1.62. The summed E-state index contributed by atoms with van der Waals surface area (Å²) in [6.45, 7) is 0. The van der Waals surface area contributed by atoms with E-state index in [1.54, 1.807) is 13.2 Å². The first-order chi connectivity index (χ1) is 9.78. The van der Waals surface area contributed by atoms with E-state index in [1.165, 1.54) is 0 Å². The summed E-state index contributed by atoms with van der Waals surface area (Å²) >= 11 is 6.11. The van der Waals surface area contributed by atoms with Crippen molar-refractivity contribution in [3.05, 3.63) is 53.6 Å². The lowest BCUT2D eigenvalue weighted by Gasteiger charge is -2.00. The van der Waals surface area contributed by atoms with Gasteiger partial charge in [0.05, 0.1) is 17.7 Å². The fraction of sp³-hybridized carbons (Fsp3) is 0.0667. The van der Waals surface area contributed by atoms with Gasteiger partial charge in [-0.3, -0.25) is 0 Å². The zero-order valence-electron chi connectivity index (χ0n) is 10.7. The van der Waals surface area contributed by atoms with Crippen LogP contribution in [0.5, 0.6) is 5.75 Å². The molecule has 0 fully saturated rings. The number of hydrogen-bond donors (Lipinski definition) is 0. The van der Waals surface area contributed by atoms with Crippen LogP contribution >= 0.6 is 11.6 Å². The Morgan fingerprint density at radius 1 is 1.10 bits per heavy atom. The molecule has 0 radical (unpaired) electrons. The maximum atomic E-state index is 6.11. The van der Waals surface area contributed by atoms with Crippen LogP contribution in [-0.2, 0) is 0 Å². The molecule has 0 aliphatic rings. The van der Waals surface area contributed by atoms with Gasteiger partial charge < -0.3 is 9.26 Å². The Hall–Kier alpha value is -2.33. The number of halogens is 1. The van der Waals surface area contributed by atoms with E-state index < -0.39 is 0 Å². The summed E-state index contributed by atoms with van der Waals surface area (Å²) in [6, 6.07) is 14.8. The van der Waals surface area contributed by atoms with E-state index in [0.29, 0.717) is 16.7 Å². The minimum atomic E-state index is 0.397. The first-order valence-corrected chi connectivity index (χ1v) is 6.39. The van der Waals surface area contributed by atoms with Crippen molar-refractivity contribution in [2.75, 3.05) is 7.11 Å². The van der Waals surface area contributed by atoms with E-state index in [4.69, 9.17) is 20.9 Å². The molecule has 0 spiro atoms. The Morgan fingerprint density at radius 2 is 1.95 bits per heavy atom. The molecular weight excluding hydrogens is 276 g/mol. The molecule has 0 aliphatic carbocycles. The molecule has 0 saturated heterocycles. The number of rotatable bonds is 3. The normalized spacial score (nSPS) is 10.5. The number of nitrogens with zero attached hydrogens (tertiary/aromatic N) is 2. The first kappa shape index (κ1) is 12.7. The minimum absolute atomic E-state index is 0.397. The summed E-state index contributed by atoms with van der Waals surface area (Å²) in [4.78, 5) is 4.37. The fourth-order valence-corrected chi connectivity index (χ4v) is 2.06. The third kappa shape index (κ3) is 2.38. The van der Waals surface area contributed by atoms with Crippen molar-refractivity contribution in [1.82, 2.24) is 10.1 Å². The van der Waals surface area contributed by atoms with Gasteiger partial charge in [0.25, 0.3) is 5.89 Å². The third-order valence-electron chi connectivity index (χ3n) is 2.86. The van der Waals surface area contributed by atoms with Crippen molar-refractivity contribution >= 4 is 11.6 Å². The molecule has 0 atom stereocenters. The highest BCUT2D eigenvalue weighted by Gasteiger charge is 2.13. The van der Waals surface area contributed by atoms with E-state index in [0.717, 1.165) is 16.9 Å². The van der Waals surface area contributed by atoms with Crippen molar-refractivity contribution in [2.24, 2.45) is 0 Å². The molecule has 0 unspecified atom stereocenters. The van der Waals surface area contributed by atoms with Gasteiger partial charge in [0, 0.05) is 5.56 Å². The van der Waals surface area contributed by atoms with Gasteiger partial charge in [-0.15, -0.1) is 0 Å². The maximum Gasteiger partial charge on any atom is 0.259 e. The lowest BCUT2D eigenvalue weighted by molar-refractivity contribution is 0.414. The predicted octanol–water partition coefficient (Wildman–Crippen LogP) is 4.07. The number of hydrogen-bond acceptors (Lipinski definition) is 4. The molecule has 3 aromatic rings. The van der Waals surface area contributed by atoms with E-state index in [-0.39, 0.29) is 0 Å². The molecule has 3 rings (SSSR count). The molecule has 0 bridgehead atoms. The molecule has 2 aromatic carbocycles. The average molecular weight is 287 g/mol. The van der Waals surface area contributed by atoms with Crippen LogP contribution in [0.1, 0.15) is 0 Å². The summed E-state index contributed by atoms with van der Waals surface area (Å²) < 4.78 is 10.5. The highest BCUT2D eigenvalue weighted by atomic mass is 35.5. The van der Waals surface area contributed by atoms with Gasteiger partial charge >= 0.3 is 0 Å². The highest BCUT2D eigenvalue weighted by molar-refractivity contribution is 6.33. The van der Waals surface area contributed by atoms with Crippen molar-refractivity contribution in [2.45, 2.75) is 0 Å². The highest BCUT2D eigenvalue weighted by Crippen LogP contribution is 2.28. The zero-order chi connectivity index (χ0) is 13.9. The van der Waals surface area contributed by atoms with Crippen LogP contribution in [0.3, 0.4) is 0 Å². The van der Waals surface area contributed by atoms with Crippen LogP contribution in [0.4, 0.5) is 0 Å². The van der Waals surface area contributed by atoms with Crippen LogP contribution in [0, 0.1) is 0 Å². The first-order valence-electron chi connectivity index (χ1n) is 6.01. The van der Waals surface area contributed by atoms with Gasteiger partial charge in [-0.25, -0.2) is 0 Å². The van der Waals surface area contributed by atoms with Gasteiger partial charge in [0.15, 0.2) is 0 Å². The molecule has 5 heteroatoms. The molecule has 0 saturated carbocycles. The second-order valence-electron chi connectivity index (χ2n) is 4.13. The van der Waals surface area contributed by atoms with Crippen molar-refractivity contribution < 1.29 is 9.26 Å². The molecular formula is C15H11ClN2O2. The molecule has 100 valence electrons. The third-order valence-corrected chi connectivity index (χ3v) is 3.19. The van der Waals surface area contributed by atoms with Crippen LogP contribution in [-0.4, -0.2) is 17.3 Å². The van der Waals surface area contributed by atoms with Gasteiger partial charge in [-0.05, 0) is 24.3 Å². The zero-order valence-corrected chi connectivity index (χ0v) is 11.5. The second kappa shape index (κ2) is 5.35. The summed E-state index contributed by atoms with van der Waals surface area (Å²) in [5.41, 5.74) is 1.54. The van der Waals surface area contributed by atoms with Crippen LogP contribution < -0.4 is 4.74 Å². The molecule has 1 aromatic heterocycles. The number of methoxy groups -OCH3 is 1. The predicted molar refractivity (Wildman–Crippen MR) is 76.7 cm³/mol. The average Bonchev–Trinajstić information content (AvgIpc) is 2.97. The summed E-state index contributed by atoms with van der Waals surface area (Å²) in [6.07, 6.45) is 0. The van der Waals surface area contributed by atoms with Gasteiger partial charge in [0.2, 0.25) is 5.82 Å². The smallest absolute Gasteiger partial charge is 0.259 e. The Labute approximate surface area is 121 Å². The standard InChI is InChI=1S/C15H11ClN2O2/c1-19-11-6-4-5-10(9-11)14-17-15(20-18-14)12-7-2-3-8-13(12)16/h2-9H,1H3. The van der Waals surface area contributed by atoms with Crippen LogP contribution in [0.2, 0.25) is 5.02 Å². The largest absolute Gasteiger partial charge is 0.497 e. The lowest BCUT2D eigenvalue weighted by atomic mass is 10.2. The van der Waals surface area contributed by atoms with E-state index in [1.807, 2.05) is 42.5 Å². The monoisotopic (exact) mass is 286 g/mol. The Morgan fingerprint density at radius 3 is 2.75 bits per heavy atom. The SMILES string of the molecule is COc1cccc(-c2noc(-c3ccccc3Cl)n2)c1. The van der Waals surface area contributed by atoms with Gasteiger partial charge in [0.1, 0.15) is 5.75 Å². The fourth-order valence-electron chi connectivity index (χ4n) is 1.85. The number of benzene rings is 2. The summed E-state index contributed by atoms with van der Waals surface area (Å²) in [5.74, 6) is 1.64. The van der Waals surface area contributed by atoms with Crippen LogP contribution in [0.15, 0.2) is 53.1 Å². The number of ether oxygens (including phenoxy) is 1. The van der Waals surface area contributed by atoms with Gasteiger partial charge in [-0.1, -0.05) is 41.0 Å². The molecule has 4 nitrogen and oxygen atoms in total. The lowest BCUT2D eigenvalue weighted by Crippen LogP contribution is -1.85. The van der Waals surface area contributed by atoms with E-state index >= 15 is 0 Å². The van der Waals surface area contributed by atoms with Crippen molar-refractivity contribution in [1.29, 1.82) is 0 Å². The van der Waals surface area contributed by atoms with Crippen molar-refractivity contribution in [3.8, 4) is 28.6 Å². The Balaban J connectivity index is 2.00. The molecule has 0 N–H and O–H groups in total. The number of aromatic nitrogens is 2. The maximum absolute atomic E-state index is 6.11.